The average molecular weight is 302 g/mol. The molecule has 5 N–H and O–H groups in total. The van der Waals surface area contributed by atoms with Crippen molar-refractivity contribution < 1.29 is 20.4 Å². The van der Waals surface area contributed by atoms with Gasteiger partial charge in [0, 0.05) is 0 Å². The van der Waals surface area contributed by atoms with Crippen LogP contribution in [0.4, 0.5) is 0 Å². The molecule has 5 atom stereocenters. The molecule has 0 unspecified atom stereocenters. The molecule has 0 spiro atoms. The molecule has 6 heteroatoms. The van der Waals surface area contributed by atoms with Gasteiger partial charge in [0.25, 0.3) is 0 Å². The van der Waals surface area contributed by atoms with Crippen molar-refractivity contribution in [3.05, 3.63) is 35.9 Å². The molecule has 2 heterocycles. The van der Waals surface area contributed by atoms with Gasteiger partial charge in [-0.15, -0.1) is 12.4 Å². The van der Waals surface area contributed by atoms with E-state index in [-0.39, 0.29) is 25.4 Å². The monoisotopic (exact) mass is 301 g/mol. The third-order valence-electron chi connectivity index (χ3n) is 4.57. The summed E-state index contributed by atoms with van der Waals surface area (Å²) in [6.07, 6.45) is -2.28. The lowest BCUT2D eigenvalue weighted by molar-refractivity contribution is -0.0215. The lowest BCUT2D eigenvalue weighted by atomic mass is 9.79. The molecule has 2 bridgehead atoms. The van der Waals surface area contributed by atoms with Gasteiger partial charge >= 0.3 is 0 Å². The lowest BCUT2D eigenvalue weighted by Gasteiger charge is -2.43. The average Bonchev–Trinajstić information content (AvgIpc) is 2.60. The number of nitrogens with one attached hydrogen (secondary N) is 1. The normalized spacial score (nSPS) is 43.1. The van der Waals surface area contributed by atoms with E-state index in [2.05, 4.69) is 5.32 Å². The molecule has 2 aliphatic heterocycles. The summed E-state index contributed by atoms with van der Waals surface area (Å²) in [6, 6.07) is 9.29. The van der Waals surface area contributed by atoms with E-state index in [4.69, 9.17) is 0 Å². The van der Waals surface area contributed by atoms with Crippen molar-refractivity contribution >= 4 is 12.4 Å². The minimum absolute atomic E-state index is 0. The highest BCUT2D eigenvalue weighted by Gasteiger charge is 2.64. The third kappa shape index (κ3) is 1.97. The van der Waals surface area contributed by atoms with Crippen molar-refractivity contribution in [2.45, 2.75) is 42.2 Å². The summed E-state index contributed by atoms with van der Waals surface area (Å²) in [5, 5.41) is 43.6. The Balaban J connectivity index is 0.00000147. The number of halogens is 1. The molecule has 3 rings (SSSR count). The van der Waals surface area contributed by atoms with Gasteiger partial charge in [-0.1, -0.05) is 30.3 Å². The van der Waals surface area contributed by atoms with Crippen LogP contribution in [0.1, 0.15) is 18.4 Å². The van der Waals surface area contributed by atoms with Crippen LogP contribution in [-0.2, 0) is 5.54 Å². The van der Waals surface area contributed by atoms with Crippen LogP contribution in [0, 0.1) is 0 Å². The van der Waals surface area contributed by atoms with E-state index >= 15 is 0 Å². The molecule has 5 nitrogen and oxygen atoms in total. The Morgan fingerprint density at radius 1 is 1.05 bits per heavy atom. The van der Waals surface area contributed by atoms with Crippen molar-refractivity contribution in [1.29, 1.82) is 0 Å². The largest absolute Gasteiger partial charge is 0.394 e. The lowest BCUT2D eigenvalue weighted by Crippen LogP contribution is -2.61. The molecule has 0 saturated carbocycles. The van der Waals surface area contributed by atoms with E-state index in [1.54, 1.807) is 0 Å². The zero-order valence-electron chi connectivity index (χ0n) is 10.9. The maximum Gasteiger partial charge on any atom is 0.104 e. The highest BCUT2D eigenvalue weighted by atomic mass is 35.5. The van der Waals surface area contributed by atoms with Crippen LogP contribution >= 0.6 is 12.4 Å². The van der Waals surface area contributed by atoms with Crippen LogP contribution in [0.3, 0.4) is 0 Å². The van der Waals surface area contributed by atoms with Gasteiger partial charge in [-0.2, -0.15) is 0 Å². The number of benzene rings is 1. The number of aliphatic hydroxyl groups is 4. The molecular formula is C14H20ClNO4. The Morgan fingerprint density at radius 2 is 1.70 bits per heavy atom. The molecule has 2 aliphatic rings. The Labute approximate surface area is 123 Å². The Bertz CT molecular complexity index is 474. The predicted molar refractivity (Wildman–Crippen MR) is 75.6 cm³/mol. The maximum absolute atomic E-state index is 10.5. The fourth-order valence-corrected chi connectivity index (χ4v) is 3.67. The smallest absolute Gasteiger partial charge is 0.104 e. The first kappa shape index (κ1) is 15.7. The van der Waals surface area contributed by atoms with Crippen molar-refractivity contribution in [3.8, 4) is 0 Å². The first-order chi connectivity index (χ1) is 9.04. The molecule has 112 valence electrons. The fourth-order valence-electron chi connectivity index (χ4n) is 3.67. The molecule has 0 aliphatic carbocycles. The molecule has 20 heavy (non-hydrogen) atoms. The van der Waals surface area contributed by atoms with Crippen LogP contribution in [0.5, 0.6) is 0 Å². The van der Waals surface area contributed by atoms with Gasteiger partial charge in [-0.25, -0.2) is 0 Å². The third-order valence-corrected chi connectivity index (χ3v) is 4.57. The van der Waals surface area contributed by atoms with Gasteiger partial charge in [0.15, 0.2) is 0 Å². The summed E-state index contributed by atoms with van der Waals surface area (Å²) in [4.78, 5) is 0. The Morgan fingerprint density at radius 3 is 2.30 bits per heavy atom. The molecule has 2 fully saturated rings. The van der Waals surface area contributed by atoms with E-state index in [1.807, 2.05) is 30.3 Å². The first-order valence-corrected chi connectivity index (χ1v) is 6.54. The van der Waals surface area contributed by atoms with Crippen LogP contribution < -0.4 is 5.32 Å². The molecular weight excluding hydrogens is 282 g/mol. The van der Waals surface area contributed by atoms with Gasteiger partial charge in [0.1, 0.15) is 12.2 Å². The summed E-state index contributed by atoms with van der Waals surface area (Å²) >= 11 is 0. The van der Waals surface area contributed by atoms with Crippen molar-refractivity contribution in [3.63, 3.8) is 0 Å². The second-order valence-corrected chi connectivity index (χ2v) is 5.73. The highest BCUT2D eigenvalue weighted by Crippen LogP contribution is 2.48. The zero-order valence-corrected chi connectivity index (χ0v) is 11.8. The highest BCUT2D eigenvalue weighted by molar-refractivity contribution is 5.85. The summed E-state index contributed by atoms with van der Waals surface area (Å²) in [7, 11) is 0. The molecule has 1 aromatic rings. The van der Waals surface area contributed by atoms with Crippen molar-refractivity contribution in [2.24, 2.45) is 0 Å². The minimum atomic E-state index is -1.10. The first-order valence-electron chi connectivity index (χ1n) is 6.54. The zero-order chi connectivity index (χ0) is 13.7. The molecule has 2 saturated heterocycles. The van der Waals surface area contributed by atoms with Gasteiger partial charge in [0.2, 0.25) is 0 Å². The Hall–Kier alpha value is -0.690. The van der Waals surface area contributed by atoms with E-state index in [1.165, 1.54) is 0 Å². The number of hydrogen-bond donors (Lipinski definition) is 5. The van der Waals surface area contributed by atoms with E-state index < -0.39 is 29.4 Å². The number of aliphatic hydroxyl groups excluding tert-OH is 4. The van der Waals surface area contributed by atoms with Gasteiger partial charge in [-0.3, -0.25) is 5.32 Å². The van der Waals surface area contributed by atoms with Crippen molar-refractivity contribution in [2.75, 3.05) is 6.61 Å². The summed E-state index contributed by atoms with van der Waals surface area (Å²) in [5.74, 6) is 0. The second kappa shape index (κ2) is 5.26. The van der Waals surface area contributed by atoms with Crippen LogP contribution in [-0.4, -0.2) is 50.9 Å². The van der Waals surface area contributed by atoms with Gasteiger partial charge in [0.05, 0.1) is 23.8 Å². The topological polar surface area (TPSA) is 93.0 Å². The van der Waals surface area contributed by atoms with Crippen LogP contribution in [0.15, 0.2) is 30.3 Å². The number of rotatable bonds is 2. The van der Waals surface area contributed by atoms with Crippen LogP contribution in [0.2, 0.25) is 0 Å². The van der Waals surface area contributed by atoms with E-state index in [0.717, 1.165) is 5.56 Å². The number of fused-ring (bicyclic) bond motifs is 2. The fraction of sp³-hybridized carbons (Fsp3) is 0.571. The number of piperidine rings is 1. The second-order valence-electron chi connectivity index (χ2n) is 5.73. The molecule has 0 radical (unpaired) electrons. The summed E-state index contributed by atoms with van der Waals surface area (Å²) in [5.41, 5.74) is -1.12. The van der Waals surface area contributed by atoms with Crippen LogP contribution in [0.25, 0.3) is 0 Å². The SMILES string of the molecule is Cl.OC[C@@]12C[C@@H](O)C[C@@](c3ccccc3)(N1)[C@@H](O)[C@@H]2O. The molecule has 1 aromatic carbocycles. The minimum Gasteiger partial charge on any atom is -0.394 e. The van der Waals surface area contributed by atoms with E-state index in [9.17, 15) is 20.4 Å². The Kier molecular flexibility index (Phi) is 4.12. The summed E-state index contributed by atoms with van der Waals surface area (Å²) < 4.78 is 0. The number of hydrogen-bond acceptors (Lipinski definition) is 5. The standard InChI is InChI=1S/C14H19NO4.ClH/c16-8-13-6-10(17)7-14(15-13,12(19)11(13)18)9-4-2-1-3-5-9;/h1-5,10-12,15-19H,6-8H2;1H/t10-,11+,12+,13-,14+;/m1./s1. The molecule has 0 amide bonds. The van der Waals surface area contributed by atoms with Gasteiger partial charge < -0.3 is 20.4 Å². The van der Waals surface area contributed by atoms with E-state index in [0.29, 0.717) is 6.42 Å². The summed E-state index contributed by atoms with van der Waals surface area (Å²) in [6.45, 7) is -0.323. The molecule has 0 aromatic heterocycles. The predicted octanol–water partition coefficient (Wildman–Crippen LogP) is -0.486. The van der Waals surface area contributed by atoms with Crippen molar-refractivity contribution in [1.82, 2.24) is 5.32 Å². The van der Waals surface area contributed by atoms with Gasteiger partial charge in [-0.05, 0) is 18.4 Å². The quantitative estimate of drug-likeness (QED) is 0.509. The maximum atomic E-state index is 10.5.